The summed E-state index contributed by atoms with van der Waals surface area (Å²) in [4.78, 5) is 23.1. The fraction of sp³-hybridized carbons (Fsp3) is 0.316. The van der Waals surface area contributed by atoms with Gasteiger partial charge in [0.2, 0.25) is 0 Å². The van der Waals surface area contributed by atoms with E-state index in [-0.39, 0.29) is 17.7 Å². The zero-order valence-electron chi connectivity index (χ0n) is 14.8. The smallest absolute Gasteiger partial charge is 0.270 e. The zero-order valence-corrected chi connectivity index (χ0v) is 14.8. The molecule has 1 amide bonds. The Morgan fingerprint density at radius 3 is 2.40 bits per heavy atom. The number of amides is 1. The minimum Gasteiger partial charge on any atom is -0.491 e. The Labute approximate surface area is 147 Å². The maximum Gasteiger partial charge on any atom is 0.270 e. The van der Waals surface area contributed by atoms with Crippen molar-refractivity contribution in [2.75, 3.05) is 5.32 Å². The summed E-state index contributed by atoms with van der Waals surface area (Å²) in [6.45, 7) is 7.52. The van der Waals surface area contributed by atoms with E-state index in [1.807, 2.05) is 20.8 Å². The van der Waals surface area contributed by atoms with Crippen molar-refractivity contribution in [1.82, 2.24) is 0 Å². The number of nitrogens with one attached hydrogen (secondary N) is 1. The van der Waals surface area contributed by atoms with Gasteiger partial charge in [0, 0.05) is 23.4 Å². The molecule has 0 spiro atoms. The van der Waals surface area contributed by atoms with Gasteiger partial charge in [0.1, 0.15) is 5.75 Å². The molecule has 0 aliphatic heterocycles. The van der Waals surface area contributed by atoms with Crippen molar-refractivity contribution in [3.63, 3.8) is 0 Å². The first-order chi connectivity index (χ1) is 11.8. The Bertz CT molecular complexity index is 783. The predicted molar refractivity (Wildman–Crippen MR) is 97.4 cm³/mol. The van der Waals surface area contributed by atoms with Crippen molar-refractivity contribution >= 4 is 17.3 Å². The van der Waals surface area contributed by atoms with E-state index in [4.69, 9.17) is 4.74 Å². The molecule has 0 heterocycles. The number of non-ortho nitro benzene ring substituents is 1. The first kappa shape index (κ1) is 18.4. The van der Waals surface area contributed by atoms with Crippen LogP contribution in [0.5, 0.6) is 5.75 Å². The molecule has 0 saturated carbocycles. The topological polar surface area (TPSA) is 81.5 Å². The van der Waals surface area contributed by atoms with Crippen LogP contribution in [0.2, 0.25) is 0 Å². The number of hydrogen-bond acceptors (Lipinski definition) is 4. The summed E-state index contributed by atoms with van der Waals surface area (Å²) >= 11 is 0. The molecule has 6 heteroatoms. The summed E-state index contributed by atoms with van der Waals surface area (Å²) < 4.78 is 5.56. The largest absolute Gasteiger partial charge is 0.491 e. The van der Waals surface area contributed by atoms with Gasteiger partial charge in [-0.2, -0.15) is 0 Å². The van der Waals surface area contributed by atoms with Crippen molar-refractivity contribution in [1.29, 1.82) is 0 Å². The molecule has 2 aromatic carbocycles. The van der Waals surface area contributed by atoms with Gasteiger partial charge in [-0.25, -0.2) is 0 Å². The Hall–Kier alpha value is -2.89. The molecule has 0 bridgehead atoms. The SMILES string of the molecule is CCc1cc([N+](=O)[O-])cc(C)c1NC(=O)c1ccc(OC(C)C)cc1. The monoisotopic (exact) mass is 342 g/mol. The van der Waals surface area contributed by atoms with Crippen LogP contribution >= 0.6 is 0 Å². The maximum absolute atomic E-state index is 12.5. The van der Waals surface area contributed by atoms with Crippen molar-refractivity contribution in [3.05, 3.63) is 63.2 Å². The standard InChI is InChI=1S/C19H22N2O4/c1-5-14-11-16(21(23)24)10-13(4)18(14)20-19(22)15-6-8-17(9-7-15)25-12(2)3/h6-12H,5H2,1-4H3,(H,20,22). The quantitative estimate of drug-likeness (QED) is 0.619. The number of carbonyl (C=O) groups excluding carboxylic acids is 1. The highest BCUT2D eigenvalue weighted by atomic mass is 16.6. The van der Waals surface area contributed by atoms with Crippen LogP contribution in [-0.2, 0) is 6.42 Å². The molecule has 132 valence electrons. The van der Waals surface area contributed by atoms with Crippen LogP contribution in [0.4, 0.5) is 11.4 Å². The molecule has 0 unspecified atom stereocenters. The minimum absolute atomic E-state index is 0.0301. The summed E-state index contributed by atoms with van der Waals surface area (Å²) in [7, 11) is 0. The first-order valence-corrected chi connectivity index (χ1v) is 8.17. The van der Waals surface area contributed by atoms with Crippen LogP contribution in [0.3, 0.4) is 0 Å². The van der Waals surface area contributed by atoms with Gasteiger partial charge in [-0.1, -0.05) is 6.92 Å². The van der Waals surface area contributed by atoms with E-state index in [0.717, 1.165) is 5.56 Å². The number of carbonyl (C=O) groups is 1. The first-order valence-electron chi connectivity index (χ1n) is 8.17. The highest BCUT2D eigenvalue weighted by Gasteiger charge is 2.16. The molecule has 1 N–H and O–H groups in total. The van der Waals surface area contributed by atoms with Crippen molar-refractivity contribution in [3.8, 4) is 5.75 Å². The van der Waals surface area contributed by atoms with Gasteiger partial charge < -0.3 is 10.1 Å². The number of benzene rings is 2. The van der Waals surface area contributed by atoms with E-state index in [9.17, 15) is 14.9 Å². The third-order valence-electron chi connectivity index (χ3n) is 3.72. The van der Waals surface area contributed by atoms with Crippen LogP contribution in [0.1, 0.15) is 42.3 Å². The van der Waals surface area contributed by atoms with E-state index < -0.39 is 4.92 Å². The van der Waals surface area contributed by atoms with Gasteiger partial charge in [-0.3, -0.25) is 14.9 Å². The van der Waals surface area contributed by atoms with E-state index >= 15 is 0 Å². The molecule has 0 fully saturated rings. The molecule has 2 aromatic rings. The molecule has 0 saturated heterocycles. The van der Waals surface area contributed by atoms with E-state index in [1.165, 1.54) is 12.1 Å². The molecule has 6 nitrogen and oxygen atoms in total. The van der Waals surface area contributed by atoms with Crippen molar-refractivity contribution in [2.45, 2.75) is 40.2 Å². The molecule has 2 rings (SSSR count). The highest BCUT2D eigenvalue weighted by molar-refractivity contribution is 6.05. The minimum atomic E-state index is -0.425. The Morgan fingerprint density at radius 1 is 1.24 bits per heavy atom. The van der Waals surface area contributed by atoms with E-state index in [2.05, 4.69) is 5.32 Å². The van der Waals surface area contributed by atoms with Gasteiger partial charge >= 0.3 is 0 Å². The lowest BCUT2D eigenvalue weighted by Crippen LogP contribution is -2.14. The third kappa shape index (κ3) is 4.56. The second kappa shape index (κ2) is 7.79. The number of aryl methyl sites for hydroxylation is 2. The summed E-state index contributed by atoms with van der Waals surface area (Å²) in [5.74, 6) is 0.440. The maximum atomic E-state index is 12.5. The van der Waals surface area contributed by atoms with Gasteiger partial charge in [-0.15, -0.1) is 0 Å². The van der Waals surface area contributed by atoms with E-state index in [0.29, 0.717) is 29.0 Å². The molecule has 0 atom stereocenters. The Balaban J connectivity index is 2.24. The molecule has 25 heavy (non-hydrogen) atoms. The number of nitrogens with zero attached hydrogens (tertiary/aromatic N) is 1. The number of rotatable bonds is 6. The molecule has 0 aliphatic carbocycles. The normalized spacial score (nSPS) is 10.6. The number of hydrogen-bond donors (Lipinski definition) is 1. The number of anilines is 1. The summed E-state index contributed by atoms with van der Waals surface area (Å²) in [5.41, 5.74) is 2.55. The molecule has 0 radical (unpaired) electrons. The molecular formula is C19H22N2O4. The van der Waals surface area contributed by atoms with Gasteiger partial charge in [0.25, 0.3) is 11.6 Å². The Morgan fingerprint density at radius 2 is 1.88 bits per heavy atom. The second-order valence-electron chi connectivity index (χ2n) is 6.05. The number of ether oxygens (including phenoxy) is 1. The third-order valence-corrected chi connectivity index (χ3v) is 3.72. The summed E-state index contributed by atoms with van der Waals surface area (Å²) in [6, 6.07) is 9.85. The van der Waals surface area contributed by atoms with Gasteiger partial charge in [0.05, 0.1) is 11.0 Å². The van der Waals surface area contributed by atoms with Crippen molar-refractivity contribution in [2.24, 2.45) is 0 Å². The van der Waals surface area contributed by atoms with Crippen molar-refractivity contribution < 1.29 is 14.5 Å². The van der Waals surface area contributed by atoms with Crippen LogP contribution < -0.4 is 10.1 Å². The van der Waals surface area contributed by atoms with Crippen LogP contribution in [0.25, 0.3) is 0 Å². The highest BCUT2D eigenvalue weighted by Crippen LogP contribution is 2.28. The lowest BCUT2D eigenvalue weighted by molar-refractivity contribution is -0.384. The molecule has 0 aliphatic rings. The predicted octanol–water partition coefficient (Wildman–Crippen LogP) is 4.51. The fourth-order valence-electron chi connectivity index (χ4n) is 2.55. The molecule has 0 aromatic heterocycles. The van der Waals surface area contributed by atoms with Gasteiger partial charge in [0.15, 0.2) is 0 Å². The zero-order chi connectivity index (χ0) is 18.6. The van der Waals surface area contributed by atoms with Gasteiger partial charge in [-0.05, 0) is 62.6 Å². The van der Waals surface area contributed by atoms with Crippen LogP contribution in [0.15, 0.2) is 36.4 Å². The average Bonchev–Trinajstić information content (AvgIpc) is 2.56. The lowest BCUT2D eigenvalue weighted by atomic mass is 10.0. The van der Waals surface area contributed by atoms with E-state index in [1.54, 1.807) is 31.2 Å². The fourth-order valence-corrected chi connectivity index (χ4v) is 2.55. The summed E-state index contributed by atoms with van der Waals surface area (Å²) in [6.07, 6.45) is 0.647. The van der Waals surface area contributed by atoms with Crippen LogP contribution in [-0.4, -0.2) is 16.9 Å². The average molecular weight is 342 g/mol. The summed E-state index contributed by atoms with van der Waals surface area (Å²) in [5, 5.41) is 13.9. The number of nitro benzene ring substituents is 1. The van der Waals surface area contributed by atoms with Crippen LogP contribution in [0, 0.1) is 17.0 Å². The molecular weight excluding hydrogens is 320 g/mol. The Kier molecular flexibility index (Phi) is 5.75. The lowest BCUT2D eigenvalue weighted by Gasteiger charge is -2.14. The second-order valence-corrected chi connectivity index (χ2v) is 6.05. The number of nitro groups is 1.